The number of fused-ring (bicyclic) bond motifs is 2. The summed E-state index contributed by atoms with van der Waals surface area (Å²) in [4.78, 5) is 17.6. The first kappa shape index (κ1) is 15.0. The molecule has 0 unspecified atom stereocenters. The predicted molar refractivity (Wildman–Crippen MR) is 90.2 cm³/mol. The van der Waals surface area contributed by atoms with Gasteiger partial charge in [0, 0.05) is 17.6 Å². The van der Waals surface area contributed by atoms with Crippen LogP contribution in [-0.4, -0.2) is 17.4 Å². The number of pyridine rings is 1. The van der Waals surface area contributed by atoms with Gasteiger partial charge in [-0.3, -0.25) is 9.78 Å². The van der Waals surface area contributed by atoms with Crippen molar-refractivity contribution in [1.82, 2.24) is 10.3 Å². The molecule has 0 atom stereocenters. The van der Waals surface area contributed by atoms with Crippen LogP contribution in [0.2, 0.25) is 0 Å². The molecule has 1 aromatic carbocycles. The minimum Gasteiger partial charge on any atom is -0.352 e. The van der Waals surface area contributed by atoms with Crippen LogP contribution in [0.1, 0.15) is 60.6 Å². The minimum atomic E-state index is 0.0743. The molecular weight excluding hydrogens is 272 g/mol. The Balaban J connectivity index is 2.08. The first-order chi connectivity index (χ1) is 10.8. The highest BCUT2D eigenvalue weighted by molar-refractivity contribution is 6.07. The Morgan fingerprint density at radius 2 is 2.00 bits per heavy atom. The topological polar surface area (TPSA) is 42.0 Å². The fourth-order valence-corrected chi connectivity index (χ4v) is 3.28. The van der Waals surface area contributed by atoms with E-state index in [0.29, 0.717) is 0 Å². The second kappa shape index (κ2) is 6.91. The second-order valence-electron chi connectivity index (χ2n) is 6.10. The van der Waals surface area contributed by atoms with E-state index in [0.717, 1.165) is 60.8 Å². The SMILES string of the molecule is CCCCNC(=O)c1c2c(nc3ccccc13)CCCCC2. The van der Waals surface area contributed by atoms with Crippen molar-refractivity contribution in [3.8, 4) is 0 Å². The number of para-hydroxylation sites is 1. The van der Waals surface area contributed by atoms with Crippen LogP contribution in [0.25, 0.3) is 10.9 Å². The van der Waals surface area contributed by atoms with Crippen molar-refractivity contribution >= 4 is 16.8 Å². The number of unbranched alkanes of at least 4 members (excludes halogenated alkanes) is 1. The molecule has 0 spiro atoms. The fourth-order valence-electron chi connectivity index (χ4n) is 3.28. The Bertz CT molecular complexity index is 678. The molecule has 2 aromatic rings. The normalized spacial score (nSPS) is 14.4. The zero-order valence-corrected chi connectivity index (χ0v) is 13.3. The van der Waals surface area contributed by atoms with E-state index in [2.05, 4.69) is 12.2 Å². The number of hydrogen-bond donors (Lipinski definition) is 1. The van der Waals surface area contributed by atoms with E-state index >= 15 is 0 Å². The Kier molecular flexibility index (Phi) is 4.71. The highest BCUT2D eigenvalue weighted by Gasteiger charge is 2.21. The third-order valence-electron chi connectivity index (χ3n) is 4.46. The number of benzene rings is 1. The molecule has 3 heteroatoms. The molecule has 0 fully saturated rings. The zero-order valence-electron chi connectivity index (χ0n) is 13.3. The summed E-state index contributed by atoms with van der Waals surface area (Å²) in [5.74, 6) is 0.0743. The molecule has 1 aliphatic rings. The largest absolute Gasteiger partial charge is 0.352 e. The molecule has 3 nitrogen and oxygen atoms in total. The molecule has 0 radical (unpaired) electrons. The molecule has 0 bridgehead atoms. The van der Waals surface area contributed by atoms with Gasteiger partial charge in [-0.25, -0.2) is 0 Å². The summed E-state index contributed by atoms with van der Waals surface area (Å²) in [7, 11) is 0. The lowest BCUT2D eigenvalue weighted by Gasteiger charge is -2.15. The summed E-state index contributed by atoms with van der Waals surface area (Å²) in [5, 5.41) is 4.09. The van der Waals surface area contributed by atoms with Gasteiger partial charge in [0.1, 0.15) is 0 Å². The van der Waals surface area contributed by atoms with Crippen LogP contribution in [-0.2, 0) is 12.8 Å². The third kappa shape index (κ3) is 2.99. The molecule has 22 heavy (non-hydrogen) atoms. The number of rotatable bonds is 4. The molecule has 0 saturated carbocycles. The van der Waals surface area contributed by atoms with Gasteiger partial charge in [0.15, 0.2) is 0 Å². The van der Waals surface area contributed by atoms with Crippen LogP contribution < -0.4 is 5.32 Å². The first-order valence-corrected chi connectivity index (χ1v) is 8.50. The molecule has 1 aromatic heterocycles. The average molecular weight is 296 g/mol. The molecular formula is C19H24N2O. The number of carbonyl (C=O) groups excluding carboxylic acids is 1. The van der Waals surface area contributed by atoms with Gasteiger partial charge in [-0.2, -0.15) is 0 Å². The monoisotopic (exact) mass is 296 g/mol. The summed E-state index contributed by atoms with van der Waals surface area (Å²) in [6.07, 6.45) is 7.65. The van der Waals surface area contributed by atoms with E-state index < -0.39 is 0 Å². The number of hydrogen-bond acceptors (Lipinski definition) is 2. The minimum absolute atomic E-state index is 0.0743. The molecule has 1 heterocycles. The van der Waals surface area contributed by atoms with E-state index in [1.165, 1.54) is 18.4 Å². The number of aryl methyl sites for hydroxylation is 1. The molecule has 0 saturated heterocycles. The van der Waals surface area contributed by atoms with Crippen molar-refractivity contribution in [2.75, 3.05) is 6.54 Å². The van der Waals surface area contributed by atoms with Gasteiger partial charge in [-0.1, -0.05) is 38.0 Å². The quantitative estimate of drug-likeness (QED) is 0.683. The number of nitrogens with one attached hydrogen (secondary N) is 1. The average Bonchev–Trinajstić information content (AvgIpc) is 2.77. The zero-order chi connectivity index (χ0) is 15.4. The number of aromatic nitrogens is 1. The van der Waals surface area contributed by atoms with E-state index in [1.54, 1.807) is 0 Å². The lowest BCUT2D eigenvalue weighted by atomic mass is 9.96. The number of nitrogens with zero attached hydrogens (tertiary/aromatic N) is 1. The standard InChI is InChI=1S/C19H24N2O/c1-2-3-13-20-19(22)18-14-9-5-4-6-11-16(14)21-17-12-8-7-10-15(17)18/h7-8,10,12H,2-6,9,11,13H2,1H3,(H,20,22). The third-order valence-corrected chi connectivity index (χ3v) is 4.46. The summed E-state index contributed by atoms with van der Waals surface area (Å²) in [6.45, 7) is 2.89. The molecule has 1 amide bonds. The smallest absolute Gasteiger partial charge is 0.252 e. The Morgan fingerprint density at radius 1 is 1.18 bits per heavy atom. The van der Waals surface area contributed by atoms with E-state index in [4.69, 9.17) is 4.98 Å². The molecule has 0 aliphatic heterocycles. The van der Waals surface area contributed by atoms with Gasteiger partial charge < -0.3 is 5.32 Å². The van der Waals surface area contributed by atoms with Gasteiger partial charge in [-0.15, -0.1) is 0 Å². The Hall–Kier alpha value is -1.90. The highest BCUT2D eigenvalue weighted by atomic mass is 16.1. The van der Waals surface area contributed by atoms with E-state index in [9.17, 15) is 4.79 Å². The highest BCUT2D eigenvalue weighted by Crippen LogP contribution is 2.28. The summed E-state index contributed by atoms with van der Waals surface area (Å²) >= 11 is 0. The van der Waals surface area contributed by atoms with Gasteiger partial charge in [0.2, 0.25) is 0 Å². The Morgan fingerprint density at radius 3 is 2.86 bits per heavy atom. The first-order valence-electron chi connectivity index (χ1n) is 8.50. The molecule has 1 aliphatic carbocycles. The molecule has 3 rings (SSSR count). The summed E-state index contributed by atoms with van der Waals surface area (Å²) in [6, 6.07) is 8.04. The Labute approximate surface area is 132 Å². The van der Waals surface area contributed by atoms with Gasteiger partial charge in [-0.05, 0) is 43.7 Å². The maximum atomic E-state index is 12.8. The predicted octanol–water partition coefficient (Wildman–Crippen LogP) is 4.03. The van der Waals surface area contributed by atoms with Crippen LogP contribution in [0.15, 0.2) is 24.3 Å². The molecule has 1 N–H and O–H groups in total. The summed E-state index contributed by atoms with van der Waals surface area (Å²) in [5.41, 5.74) is 4.14. The van der Waals surface area contributed by atoms with E-state index in [1.807, 2.05) is 24.3 Å². The van der Waals surface area contributed by atoms with Crippen LogP contribution in [0.4, 0.5) is 0 Å². The van der Waals surface area contributed by atoms with Gasteiger partial charge in [0.25, 0.3) is 5.91 Å². The lowest BCUT2D eigenvalue weighted by molar-refractivity contribution is 0.0953. The lowest BCUT2D eigenvalue weighted by Crippen LogP contribution is -2.26. The molecule has 116 valence electrons. The second-order valence-corrected chi connectivity index (χ2v) is 6.10. The number of amides is 1. The summed E-state index contributed by atoms with van der Waals surface area (Å²) < 4.78 is 0. The van der Waals surface area contributed by atoms with Crippen LogP contribution in [0.5, 0.6) is 0 Å². The van der Waals surface area contributed by atoms with Crippen molar-refractivity contribution in [3.63, 3.8) is 0 Å². The van der Waals surface area contributed by atoms with Crippen molar-refractivity contribution in [3.05, 3.63) is 41.1 Å². The van der Waals surface area contributed by atoms with Crippen molar-refractivity contribution in [1.29, 1.82) is 0 Å². The van der Waals surface area contributed by atoms with Gasteiger partial charge >= 0.3 is 0 Å². The fraction of sp³-hybridized carbons (Fsp3) is 0.474. The van der Waals surface area contributed by atoms with Gasteiger partial charge in [0.05, 0.1) is 11.1 Å². The van der Waals surface area contributed by atoms with Crippen LogP contribution in [0.3, 0.4) is 0 Å². The van der Waals surface area contributed by atoms with Crippen molar-refractivity contribution in [2.24, 2.45) is 0 Å². The maximum absolute atomic E-state index is 12.8. The van der Waals surface area contributed by atoms with Crippen LogP contribution >= 0.6 is 0 Å². The van der Waals surface area contributed by atoms with Crippen molar-refractivity contribution in [2.45, 2.75) is 51.9 Å². The van der Waals surface area contributed by atoms with Crippen molar-refractivity contribution < 1.29 is 4.79 Å². The number of carbonyl (C=O) groups is 1. The van der Waals surface area contributed by atoms with Crippen LogP contribution in [0, 0.1) is 0 Å². The maximum Gasteiger partial charge on any atom is 0.252 e. The van der Waals surface area contributed by atoms with E-state index in [-0.39, 0.29) is 5.91 Å².